The van der Waals surface area contributed by atoms with E-state index in [-0.39, 0.29) is 0 Å². The predicted molar refractivity (Wildman–Crippen MR) is 175 cm³/mol. The minimum Gasteiger partial charge on any atom is -0.681 e. The molecule has 2 heterocycles. The summed E-state index contributed by atoms with van der Waals surface area (Å²) >= 11 is 0. The van der Waals surface area contributed by atoms with Crippen LogP contribution in [0.5, 0.6) is 0 Å². The summed E-state index contributed by atoms with van der Waals surface area (Å²) < 4.78 is 2.43. The Hall–Kier alpha value is -5.34. The molecule has 0 N–H and O–H groups in total. The maximum Gasteiger partial charge on any atom is 0.0619 e. The Morgan fingerprint density at radius 2 is 1.20 bits per heavy atom. The molecule has 0 aliphatic carbocycles. The maximum absolute atomic E-state index is 4.70. The van der Waals surface area contributed by atoms with Crippen molar-refractivity contribution in [3.63, 3.8) is 0 Å². The summed E-state index contributed by atoms with van der Waals surface area (Å²) in [4.78, 5) is 0. The SMILES string of the molecule is C1=CC[N-]C(c2ccc3c(ccc4c5ccc(-c6cccc(-c7ccccc7)c6)cc5n(-c5ccccc5)c34)c2)=C1. The molecule has 41 heavy (non-hydrogen) atoms. The van der Waals surface area contributed by atoms with Gasteiger partial charge in [-0.05, 0) is 63.5 Å². The molecule has 0 spiro atoms. The van der Waals surface area contributed by atoms with E-state index < -0.39 is 0 Å². The predicted octanol–water partition coefficient (Wildman–Crippen LogP) is 10.6. The van der Waals surface area contributed by atoms with Gasteiger partial charge in [0.15, 0.2) is 0 Å². The Morgan fingerprint density at radius 1 is 0.512 bits per heavy atom. The van der Waals surface area contributed by atoms with E-state index in [1.807, 2.05) is 0 Å². The van der Waals surface area contributed by atoms with E-state index in [2.05, 4.69) is 156 Å². The zero-order chi connectivity index (χ0) is 27.2. The number of hydrogen-bond acceptors (Lipinski definition) is 0. The van der Waals surface area contributed by atoms with Crippen molar-refractivity contribution in [3.8, 4) is 27.9 Å². The van der Waals surface area contributed by atoms with Gasteiger partial charge in [-0.25, -0.2) is 0 Å². The highest BCUT2D eigenvalue weighted by atomic mass is 15.0. The molecule has 2 heteroatoms. The van der Waals surface area contributed by atoms with Gasteiger partial charge in [-0.2, -0.15) is 0 Å². The smallest absolute Gasteiger partial charge is 0.0619 e. The molecule has 2 nitrogen and oxygen atoms in total. The molecule has 8 rings (SSSR count). The Bertz CT molecular complexity index is 2130. The lowest BCUT2D eigenvalue weighted by molar-refractivity contribution is 1.19. The standard InChI is InChI=1S/C39H27N2/c1-3-10-27(11-4-1)28-12-9-13-29(24-28)30-17-21-35-36-22-18-31-25-32(37-16-7-8-23-40-37)19-20-34(31)39(36)41(38(35)26-30)33-14-5-2-6-15-33/h1-22,24-26H,23H2/q-1. The third-order valence-electron chi connectivity index (χ3n) is 8.11. The van der Waals surface area contributed by atoms with Gasteiger partial charge in [-0.15, -0.1) is 18.3 Å². The highest BCUT2D eigenvalue weighted by molar-refractivity contribution is 6.19. The molecule has 0 saturated heterocycles. The average Bonchev–Trinajstić information content (AvgIpc) is 3.40. The topological polar surface area (TPSA) is 19.0 Å². The monoisotopic (exact) mass is 523 g/mol. The van der Waals surface area contributed by atoms with Gasteiger partial charge in [-0.3, -0.25) is 0 Å². The molecule has 0 fully saturated rings. The molecular formula is C39H27N2-. The van der Waals surface area contributed by atoms with Crippen molar-refractivity contribution >= 4 is 38.3 Å². The summed E-state index contributed by atoms with van der Waals surface area (Å²) in [6.07, 6.45) is 6.27. The van der Waals surface area contributed by atoms with E-state index in [1.165, 1.54) is 54.8 Å². The number of rotatable bonds is 4. The quantitative estimate of drug-likeness (QED) is 0.219. The van der Waals surface area contributed by atoms with Gasteiger partial charge in [0.25, 0.3) is 0 Å². The lowest BCUT2D eigenvalue weighted by atomic mass is 9.98. The minimum atomic E-state index is 0.738. The molecule has 6 aromatic carbocycles. The fraction of sp³-hybridized carbons (Fsp3) is 0.0256. The van der Waals surface area contributed by atoms with Gasteiger partial charge < -0.3 is 9.88 Å². The molecule has 1 aliphatic heterocycles. The van der Waals surface area contributed by atoms with Crippen LogP contribution in [-0.4, -0.2) is 11.1 Å². The molecule has 1 aliphatic rings. The van der Waals surface area contributed by atoms with Gasteiger partial charge in [0.05, 0.1) is 11.0 Å². The van der Waals surface area contributed by atoms with Crippen molar-refractivity contribution in [2.75, 3.05) is 6.54 Å². The van der Waals surface area contributed by atoms with Crippen LogP contribution in [0.3, 0.4) is 0 Å². The first kappa shape index (κ1) is 23.5. The number of nitrogens with zero attached hydrogens (tertiary/aromatic N) is 2. The molecule has 0 atom stereocenters. The van der Waals surface area contributed by atoms with Gasteiger partial charge >= 0.3 is 0 Å². The molecule has 0 bridgehead atoms. The molecule has 0 amide bonds. The number of aromatic nitrogens is 1. The summed E-state index contributed by atoms with van der Waals surface area (Å²) in [7, 11) is 0. The summed E-state index contributed by atoms with van der Waals surface area (Å²) in [5.74, 6) is 0. The number of allylic oxidation sites excluding steroid dienone is 2. The van der Waals surface area contributed by atoms with Crippen molar-refractivity contribution in [2.45, 2.75) is 0 Å². The van der Waals surface area contributed by atoms with E-state index in [9.17, 15) is 0 Å². The van der Waals surface area contributed by atoms with Crippen LogP contribution in [-0.2, 0) is 0 Å². The normalized spacial score (nSPS) is 13.0. The van der Waals surface area contributed by atoms with Crippen molar-refractivity contribution in [2.24, 2.45) is 0 Å². The lowest BCUT2D eigenvalue weighted by Gasteiger charge is -2.26. The van der Waals surface area contributed by atoms with E-state index in [0.29, 0.717) is 0 Å². The first-order valence-corrected chi connectivity index (χ1v) is 14.1. The zero-order valence-electron chi connectivity index (χ0n) is 22.5. The first-order valence-electron chi connectivity index (χ1n) is 14.1. The molecule has 0 unspecified atom stereocenters. The minimum absolute atomic E-state index is 0.738. The molecule has 7 aromatic rings. The van der Waals surface area contributed by atoms with Gasteiger partial charge in [-0.1, -0.05) is 115 Å². The van der Waals surface area contributed by atoms with Crippen molar-refractivity contribution in [1.82, 2.24) is 4.57 Å². The third-order valence-corrected chi connectivity index (χ3v) is 8.11. The summed E-state index contributed by atoms with van der Waals surface area (Å²) in [6.45, 7) is 0.738. The summed E-state index contributed by atoms with van der Waals surface area (Å²) in [5.41, 5.74) is 10.7. The first-order chi connectivity index (χ1) is 20.3. The van der Waals surface area contributed by atoms with Crippen LogP contribution >= 0.6 is 0 Å². The zero-order valence-corrected chi connectivity index (χ0v) is 22.5. The molecule has 1 aromatic heterocycles. The van der Waals surface area contributed by atoms with E-state index in [0.717, 1.165) is 23.5 Å². The fourth-order valence-corrected chi connectivity index (χ4v) is 6.14. The Labute approximate surface area is 239 Å². The van der Waals surface area contributed by atoms with Gasteiger partial charge in [0.2, 0.25) is 0 Å². The summed E-state index contributed by atoms with van der Waals surface area (Å²) in [5, 5.41) is 9.68. The van der Waals surface area contributed by atoms with Crippen molar-refractivity contribution in [1.29, 1.82) is 0 Å². The highest BCUT2D eigenvalue weighted by Gasteiger charge is 2.16. The van der Waals surface area contributed by atoms with Crippen LogP contribution in [0.15, 0.2) is 152 Å². The summed E-state index contributed by atoms with van der Waals surface area (Å²) in [6, 6.07) is 48.4. The number of fused-ring (bicyclic) bond motifs is 5. The van der Waals surface area contributed by atoms with Crippen LogP contribution < -0.4 is 0 Å². The molecule has 194 valence electrons. The second-order valence-electron chi connectivity index (χ2n) is 10.6. The number of benzene rings is 6. The van der Waals surface area contributed by atoms with Crippen molar-refractivity contribution < 1.29 is 0 Å². The van der Waals surface area contributed by atoms with Gasteiger partial charge in [0.1, 0.15) is 0 Å². The van der Waals surface area contributed by atoms with Crippen LogP contribution in [0.4, 0.5) is 0 Å². The molecule has 0 radical (unpaired) electrons. The number of para-hydroxylation sites is 1. The lowest BCUT2D eigenvalue weighted by Crippen LogP contribution is -1.95. The second-order valence-corrected chi connectivity index (χ2v) is 10.6. The van der Waals surface area contributed by atoms with E-state index in [1.54, 1.807) is 0 Å². The van der Waals surface area contributed by atoms with E-state index >= 15 is 0 Å². The van der Waals surface area contributed by atoms with Crippen molar-refractivity contribution in [3.05, 3.63) is 163 Å². The number of hydrogen-bond donors (Lipinski definition) is 0. The Kier molecular flexibility index (Phi) is 5.56. The van der Waals surface area contributed by atoms with Crippen LogP contribution in [0.2, 0.25) is 0 Å². The largest absolute Gasteiger partial charge is 0.681 e. The van der Waals surface area contributed by atoms with Crippen LogP contribution in [0.25, 0.3) is 71.5 Å². The average molecular weight is 524 g/mol. The van der Waals surface area contributed by atoms with E-state index in [4.69, 9.17) is 5.32 Å². The molecule has 0 saturated carbocycles. The third kappa shape index (κ3) is 4.04. The van der Waals surface area contributed by atoms with Crippen LogP contribution in [0, 0.1) is 0 Å². The fourth-order valence-electron chi connectivity index (χ4n) is 6.14. The molecular weight excluding hydrogens is 496 g/mol. The Balaban J connectivity index is 1.36. The highest BCUT2D eigenvalue weighted by Crippen LogP contribution is 2.39. The van der Waals surface area contributed by atoms with Crippen LogP contribution in [0.1, 0.15) is 5.56 Å². The Morgan fingerprint density at radius 3 is 2.00 bits per heavy atom. The maximum atomic E-state index is 4.70. The van der Waals surface area contributed by atoms with Gasteiger partial charge in [0, 0.05) is 21.8 Å². The second kappa shape index (κ2) is 9.69.